The summed E-state index contributed by atoms with van der Waals surface area (Å²) in [7, 11) is -3.24. The fourth-order valence-corrected chi connectivity index (χ4v) is 2.31. The van der Waals surface area contributed by atoms with Gasteiger partial charge in [-0.2, -0.15) is 0 Å². The Morgan fingerprint density at radius 1 is 1.19 bits per heavy atom. The molecule has 0 bridgehead atoms. The standard InChI is InChI=1S/C14H21FN2O3S/c1-11(2)21(19,20)16-10-4-3-5-14(18)17-13-8-6-12(15)7-9-13/h6-9,11,16H,3-5,10H2,1-2H3,(H,17,18). The number of rotatable bonds is 8. The highest BCUT2D eigenvalue weighted by Gasteiger charge is 2.14. The lowest BCUT2D eigenvalue weighted by atomic mass is 10.2. The van der Waals surface area contributed by atoms with Crippen molar-refractivity contribution < 1.29 is 17.6 Å². The zero-order valence-electron chi connectivity index (χ0n) is 12.2. The van der Waals surface area contributed by atoms with Gasteiger partial charge in [0.05, 0.1) is 5.25 Å². The molecule has 0 aliphatic carbocycles. The van der Waals surface area contributed by atoms with E-state index >= 15 is 0 Å². The quantitative estimate of drug-likeness (QED) is 0.722. The predicted octanol–water partition coefficient (Wildman–Crippen LogP) is 2.26. The fourth-order valence-electron chi connectivity index (χ4n) is 1.55. The van der Waals surface area contributed by atoms with Gasteiger partial charge in [-0.05, 0) is 51.0 Å². The number of halogens is 1. The first-order chi connectivity index (χ1) is 9.81. The number of carbonyl (C=O) groups is 1. The van der Waals surface area contributed by atoms with Gasteiger partial charge in [0.1, 0.15) is 5.82 Å². The van der Waals surface area contributed by atoms with E-state index in [1.54, 1.807) is 13.8 Å². The number of nitrogens with one attached hydrogen (secondary N) is 2. The Morgan fingerprint density at radius 2 is 1.81 bits per heavy atom. The van der Waals surface area contributed by atoms with Crippen molar-refractivity contribution in [2.45, 2.75) is 38.4 Å². The average Bonchev–Trinajstić information content (AvgIpc) is 2.40. The van der Waals surface area contributed by atoms with Crippen molar-refractivity contribution in [1.29, 1.82) is 0 Å². The van der Waals surface area contributed by atoms with Crippen LogP contribution in [0.4, 0.5) is 10.1 Å². The van der Waals surface area contributed by atoms with Crippen molar-refractivity contribution in [1.82, 2.24) is 4.72 Å². The molecule has 1 amide bonds. The van der Waals surface area contributed by atoms with E-state index in [1.807, 2.05) is 0 Å². The molecule has 0 spiro atoms. The summed E-state index contributed by atoms with van der Waals surface area (Å²) in [4.78, 5) is 11.6. The lowest BCUT2D eigenvalue weighted by Gasteiger charge is -2.09. The van der Waals surface area contributed by atoms with E-state index in [9.17, 15) is 17.6 Å². The van der Waals surface area contributed by atoms with E-state index < -0.39 is 15.3 Å². The minimum absolute atomic E-state index is 0.173. The van der Waals surface area contributed by atoms with Crippen LogP contribution in [0.1, 0.15) is 33.1 Å². The van der Waals surface area contributed by atoms with E-state index in [2.05, 4.69) is 10.0 Å². The van der Waals surface area contributed by atoms with Crippen molar-refractivity contribution in [3.05, 3.63) is 30.1 Å². The maximum Gasteiger partial charge on any atom is 0.224 e. The van der Waals surface area contributed by atoms with E-state index in [0.717, 1.165) is 0 Å². The zero-order valence-corrected chi connectivity index (χ0v) is 13.0. The summed E-state index contributed by atoms with van der Waals surface area (Å²) in [5.41, 5.74) is 0.543. The molecule has 1 rings (SSSR count). The van der Waals surface area contributed by atoms with Crippen LogP contribution < -0.4 is 10.0 Å². The second-order valence-corrected chi connectivity index (χ2v) is 7.32. The van der Waals surface area contributed by atoms with Gasteiger partial charge in [-0.1, -0.05) is 0 Å². The minimum atomic E-state index is -3.24. The molecule has 0 atom stereocenters. The van der Waals surface area contributed by atoms with Crippen LogP contribution >= 0.6 is 0 Å². The number of unbranched alkanes of at least 4 members (excludes halogenated alkanes) is 1. The molecular weight excluding hydrogens is 295 g/mol. The first kappa shape index (κ1) is 17.6. The van der Waals surface area contributed by atoms with Crippen molar-refractivity contribution in [2.24, 2.45) is 0 Å². The first-order valence-corrected chi connectivity index (χ1v) is 8.40. The van der Waals surface area contributed by atoms with Crippen LogP contribution in [0.3, 0.4) is 0 Å². The normalized spacial score (nSPS) is 11.6. The smallest absolute Gasteiger partial charge is 0.224 e. The molecule has 5 nitrogen and oxygen atoms in total. The molecule has 0 radical (unpaired) electrons. The van der Waals surface area contributed by atoms with Crippen LogP contribution in [-0.2, 0) is 14.8 Å². The number of hydrogen-bond acceptors (Lipinski definition) is 3. The van der Waals surface area contributed by atoms with Gasteiger partial charge >= 0.3 is 0 Å². The molecule has 21 heavy (non-hydrogen) atoms. The lowest BCUT2D eigenvalue weighted by molar-refractivity contribution is -0.116. The molecule has 0 unspecified atom stereocenters. The molecule has 1 aromatic rings. The number of sulfonamides is 1. The maximum absolute atomic E-state index is 12.7. The minimum Gasteiger partial charge on any atom is -0.326 e. The van der Waals surface area contributed by atoms with Crippen molar-refractivity contribution in [3.8, 4) is 0 Å². The van der Waals surface area contributed by atoms with E-state index in [4.69, 9.17) is 0 Å². The number of benzene rings is 1. The van der Waals surface area contributed by atoms with Gasteiger partial charge in [-0.3, -0.25) is 4.79 Å². The Kier molecular flexibility index (Phi) is 6.77. The maximum atomic E-state index is 12.7. The lowest BCUT2D eigenvalue weighted by Crippen LogP contribution is -2.31. The number of carbonyl (C=O) groups excluding carboxylic acids is 1. The summed E-state index contributed by atoms with van der Waals surface area (Å²) in [5, 5.41) is 2.19. The second-order valence-electron chi connectivity index (χ2n) is 5.00. The molecule has 1 aromatic carbocycles. The van der Waals surface area contributed by atoms with Crippen molar-refractivity contribution in [2.75, 3.05) is 11.9 Å². The Balaban J connectivity index is 2.21. The molecule has 0 aliphatic rings. The topological polar surface area (TPSA) is 75.3 Å². The molecule has 118 valence electrons. The highest BCUT2D eigenvalue weighted by Crippen LogP contribution is 2.09. The predicted molar refractivity (Wildman–Crippen MR) is 80.9 cm³/mol. The summed E-state index contributed by atoms with van der Waals surface area (Å²) in [6.45, 7) is 3.54. The van der Waals surface area contributed by atoms with Gasteiger partial charge in [0.2, 0.25) is 15.9 Å². The van der Waals surface area contributed by atoms with E-state index in [1.165, 1.54) is 24.3 Å². The second kappa shape index (κ2) is 8.09. The Labute approximate surface area is 125 Å². The number of anilines is 1. The molecule has 0 fully saturated rings. The Bertz CT molecular complexity index is 556. The van der Waals surface area contributed by atoms with E-state index in [0.29, 0.717) is 31.5 Å². The van der Waals surface area contributed by atoms with Crippen LogP contribution in [-0.4, -0.2) is 26.1 Å². The summed E-state index contributed by atoms with van der Waals surface area (Å²) in [5.74, 6) is -0.529. The van der Waals surface area contributed by atoms with Gasteiger partial charge in [0, 0.05) is 18.7 Å². The highest BCUT2D eigenvalue weighted by atomic mass is 32.2. The summed E-state index contributed by atoms with van der Waals surface area (Å²) in [6.07, 6.45) is 1.46. The molecule has 0 aliphatic heterocycles. The molecule has 0 saturated carbocycles. The summed E-state index contributed by atoms with van der Waals surface area (Å²) < 4.78 is 38.1. The van der Waals surface area contributed by atoms with Gasteiger partial charge in [0.15, 0.2) is 0 Å². The van der Waals surface area contributed by atoms with Crippen LogP contribution in [0.15, 0.2) is 24.3 Å². The highest BCUT2D eigenvalue weighted by molar-refractivity contribution is 7.90. The van der Waals surface area contributed by atoms with Crippen LogP contribution in [0.25, 0.3) is 0 Å². The van der Waals surface area contributed by atoms with Gasteiger partial charge < -0.3 is 5.32 Å². The fraction of sp³-hybridized carbons (Fsp3) is 0.500. The monoisotopic (exact) mass is 316 g/mol. The molecular formula is C14H21FN2O3S. The van der Waals surface area contributed by atoms with Crippen molar-refractivity contribution in [3.63, 3.8) is 0 Å². The molecule has 7 heteroatoms. The summed E-state index contributed by atoms with van der Waals surface area (Å²) in [6, 6.07) is 5.53. The molecule has 0 heterocycles. The number of amides is 1. The van der Waals surface area contributed by atoms with Gasteiger partial charge in [0.25, 0.3) is 0 Å². The van der Waals surface area contributed by atoms with Gasteiger partial charge in [-0.25, -0.2) is 17.5 Å². The molecule has 0 aromatic heterocycles. The number of hydrogen-bond donors (Lipinski definition) is 2. The average molecular weight is 316 g/mol. The van der Waals surface area contributed by atoms with Crippen molar-refractivity contribution >= 4 is 21.6 Å². The Hall–Kier alpha value is -1.47. The van der Waals surface area contributed by atoms with Crippen LogP contribution in [0, 0.1) is 5.82 Å². The van der Waals surface area contributed by atoms with Crippen LogP contribution in [0.2, 0.25) is 0 Å². The zero-order chi connectivity index (χ0) is 15.9. The molecule has 0 saturated heterocycles. The largest absolute Gasteiger partial charge is 0.326 e. The van der Waals surface area contributed by atoms with Gasteiger partial charge in [-0.15, -0.1) is 0 Å². The first-order valence-electron chi connectivity index (χ1n) is 6.85. The summed E-state index contributed by atoms with van der Waals surface area (Å²) >= 11 is 0. The third-order valence-corrected chi connectivity index (χ3v) is 4.73. The van der Waals surface area contributed by atoms with E-state index in [-0.39, 0.29) is 11.7 Å². The van der Waals surface area contributed by atoms with Crippen LogP contribution in [0.5, 0.6) is 0 Å². The third kappa shape index (κ3) is 6.68. The SMILES string of the molecule is CC(C)S(=O)(=O)NCCCCC(=O)Nc1ccc(F)cc1. The molecule has 2 N–H and O–H groups in total. The third-order valence-electron chi connectivity index (χ3n) is 2.88. The Morgan fingerprint density at radius 3 is 2.38 bits per heavy atom.